The normalized spacial score (nSPS) is 11.7. The molecule has 0 bridgehead atoms. The number of guanidine groups is 1. The molecule has 1 aromatic heterocycles. The van der Waals surface area contributed by atoms with Crippen LogP contribution in [0.5, 0.6) is 0 Å². The molecule has 0 atom stereocenters. The minimum Gasteiger partial charge on any atom is -0.347 e. The third-order valence-electron chi connectivity index (χ3n) is 2.88. The largest absolute Gasteiger partial charge is 0.406 e. The molecule has 0 aromatic carbocycles. The second-order valence-corrected chi connectivity index (χ2v) is 6.04. The Balaban J connectivity index is 0.00000529. The van der Waals surface area contributed by atoms with Gasteiger partial charge in [-0.2, -0.15) is 13.2 Å². The van der Waals surface area contributed by atoms with Gasteiger partial charge in [-0.3, -0.25) is 9.79 Å². The second-order valence-electron chi connectivity index (χ2n) is 4.98. The van der Waals surface area contributed by atoms with Crippen LogP contribution < -0.4 is 5.32 Å². The van der Waals surface area contributed by atoms with Gasteiger partial charge in [0, 0.05) is 26.5 Å². The molecule has 0 unspecified atom stereocenters. The van der Waals surface area contributed by atoms with E-state index in [0.717, 1.165) is 17.7 Å². The number of alkyl halides is 3. The Morgan fingerprint density at radius 2 is 2.00 bits per heavy atom. The maximum absolute atomic E-state index is 12.3. The predicted molar refractivity (Wildman–Crippen MR) is 98.8 cm³/mol. The van der Waals surface area contributed by atoms with Crippen LogP contribution in [0.3, 0.4) is 0 Å². The highest BCUT2D eigenvalue weighted by Crippen LogP contribution is 2.15. The van der Waals surface area contributed by atoms with Gasteiger partial charge in [0.2, 0.25) is 5.91 Å². The van der Waals surface area contributed by atoms with Crippen LogP contribution in [-0.4, -0.2) is 67.1 Å². The fourth-order valence-corrected chi connectivity index (χ4v) is 2.43. The molecule has 1 aromatic rings. The average Bonchev–Trinajstić information content (AvgIpc) is 2.82. The summed E-state index contributed by atoms with van der Waals surface area (Å²) < 4.78 is 36.8. The number of hydrogen-bond acceptors (Lipinski definition) is 4. The summed E-state index contributed by atoms with van der Waals surface area (Å²) in [7, 11) is 4.41. The predicted octanol–water partition coefficient (Wildman–Crippen LogP) is 2.10. The smallest absolute Gasteiger partial charge is 0.347 e. The number of nitrogens with zero attached hydrogens (tertiary/aromatic N) is 4. The van der Waals surface area contributed by atoms with E-state index in [1.54, 1.807) is 11.9 Å². The van der Waals surface area contributed by atoms with E-state index in [1.165, 1.54) is 18.4 Å². The molecule has 11 heteroatoms. The zero-order chi connectivity index (χ0) is 17.6. The van der Waals surface area contributed by atoms with E-state index in [9.17, 15) is 18.0 Å². The van der Waals surface area contributed by atoms with Crippen LogP contribution in [0.25, 0.3) is 0 Å². The van der Waals surface area contributed by atoms with Crippen molar-refractivity contribution < 1.29 is 18.0 Å². The lowest BCUT2D eigenvalue weighted by Crippen LogP contribution is -2.45. The molecule has 1 amide bonds. The van der Waals surface area contributed by atoms with Gasteiger partial charge in [-0.05, 0) is 6.92 Å². The summed E-state index contributed by atoms with van der Waals surface area (Å²) in [6, 6.07) is 0. The van der Waals surface area contributed by atoms with Crippen molar-refractivity contribution in [3.63, 3.8) is 0 Å². The highest BCUT2D eigenvalue weighted by Gasteiger charge is 2.31. The number of aliphatic imine (C=N–C) groups is 1. The Bertz CT molecular complexity index is 564. The lowest BCUT2D eigenvalue weighted by molar-refractivity contribution is -0.157. The summed E-state index contributed by atoms with van der Waals surface area (Å²) in [4.78, 5) is 22.4. The first kappa shape index (κ1) is 22.9. The van der Waals surface area contributed by atoms with Crippen LogP contribution in [-0.2, 0) is 11.3 Å². The van der Waals surface area contributed by atoms with Gasteiger partial charge < -0.3 is 15.1 Å². The van der Waals surface area contributed by atoms with Gasteiger partial charge >= 0.3 is 6.18 Å². The fraction of sp³-hybridized carbons (Fsp3) is 0.615. The van der Waals surface area contributed by atoms with Crippen LogP contribution in [0.15, 0.2) is 10.4 Å². The third-order valence-corrected chi connectivity index (χ3v) is 3.70. The van der Waals surface area contributed by atoms with Gasteiger partial charge in [0.1, 0.15) is 6.54 Å². The molecule has 0 fully saturated rings. The number of rotatable bonds is 5. The van der Waals surface area contributed by atoms with Crippen molar-refractivity contribution in [2.75, 3.05) is 34.2 Å². The van der Waals surface area contributed by atoms with Crippen LogP contribution in [0.4, 0.5) is 13.2 Å². The lowest BCUT2D eigenvalue weighted by atomic mass is 10.4. The first-order valence-electron chi connectivity index (χ1n) is 6.76. The molecule has 0 aliphatic rings. The van der Waals surface area contributed by atoms with Gasteiger partial charge in [-0.1, -0.05) is 0 Å². The van der Waals surface area contributed by atoms with E-state index in [2.05, 4.69) is 15.3 Å². The molecule has 0 aliphatic heterocycles. The van der Waals surface area contributed by atoms with E-state index in [-0.39, 0.29) is 30.5 Å². The number of carbonyl (C=O) groups is 1. The summed E-state index contributed by atoms with van der Waals surface area (Å²) in [5, 5.41) is 5.62. The van der Waals surface area contributed by atoms with Crippen molar-refractivity contribution in [1.29, 1.82) is 0 Å². The summed E-state index contributed by atoms with van der Waals surface area (Å²) >= 11 is 1.53. The van der Waals surface area contributed by atoms with Gasteiger partial charge in [0.25, 0.3) is 0 Å². The molecular formula is C13H21F3IN5OS. The first-order chi connectivity index (χ1) is 10.6. The molecule has 6 nitrogen and oxygen atoms in total. The van der Waals surface area contributed by atoms with Gasteiger partial charge in [-0.15, -0.1) is 35.3 Å². The maximum Gasteiger partial charge on any atom is 0.406 e. The molecule has 0 spiro atoms. The van der Waals surface area contributed by atoms with Crippen molar-refractivity contribution in [3.8, 4) is 0 Å². The molecule has 24 heavy (non-hydrogen) atoms. The number of thiazole rings is 1. The highest BCUT2D eigenvalue weighted by atomic mass is 127. The van der Waals surface area contributed by atoms with E-state index in [4.69, 9.17) is 0 Å². The van der Waals surface area contributed by atoms with Gasteiger partial charge in [0.05, 0.1) is 23.8 Å². The van der Waals surface area contributed by atoms with Crippen molar-refractivity contribution >= 4 is 47.2 Å². The zero-order valence-electron chi connectivity index (χ0n) is 13.8. The Labute approximate surface area is 160 Å². The molecule has 1 heterocycles. The monoisotopic (exact) mass is 479 g/mol. The van der Waals surface area contributed by atoms with Gasteiger partial charge in [-0.25, -0.2) is 4.98 Å². The number of aryl methyl sites for hydroxylation is 1. The molecule has 1 rings (SSSR count). The standard InChI is InChI=1S/C13H20F3N5OS.HI/c1-9-19-10(7-23-9)6-20(3)12(17-2)18-5-11(22)21(4)8-13(14,15)16;/h7H,5-6,8H2,1-4H3,(H,17,18);1H. The Morgan fingerprint density at radius 1 is 1.38 bits per heavy atom. The molecule has 0 aliphatic carbocycles. The molecule has 0 saturated heterocycles. The molecule has 1 N–H and O–H groups in total. The number of halogens is 4. The van der Waals surface area contributed by atoms with E-state index in [0.29, 0.717) is 17.4 Å². The number of carbonyl (C=O) groups excluding carboxylic acids is 1. The van der Waals surface area contributed by atoms with Crippen LogP contribution >= 0.6 is 35.3 Å². The minimum absolute atomic E-state index is 0. The fourth-order valence-electron chi connectivity index (χ4n) is 1.83. The Kier molecular flexibility index (Phi) is 9.55. The highest BCUT2D eigenvalue weighted by molar-refractivity contribution is 14.0. The summed E-state index contributed by atoms with van der Waals surface area (Å²) in [5.41, 5.74) is 0.860. The van der Waals surface area contributed by atoms with Crippen molar-refractivity contribution in [3.05, 3.63) is 16.1 Å². The van der Waals surface area contributed by atoms with E-state index >= 15 is 0 Å². The SMILES string of the molecule is CN=C(NCC(=O)N(C)CC(F)(F)F)N(C)Cc1csc(C)n1.I. The van der Waals surface area contributed by atoms with Crippen LogP contribution in [0.1, 0.15) is 10.7 Å². The maximum atomic E-state index is 12.3. The zero-order valence-corrected chi connectivity index (χ0v) is 17.0. The van der Waals surface area contributed by atoms with Gasteiger partial charge in [0.15, 0.2) is 5.96 Å². The molecular weight excluding hydrogens is 458 g/mol. The molecule has 0 radical (unpaired) electrons. The average molecular weight is 479 g/mol. The van der Waals surface area contributed by atoms with E-state index in [1.807, 2.05) is 12.3 Å². The molecule has 138 valence electrons. The van der Waals surface area contributed by atoms with E-state index < -0.39 is 18.6 Å². The number of hydrogen-bond donors (Lipinski definition) is 1. The number of aromatic nitrogens is 1. The first-order valence-corrected chi connectivity index (χ1v) is 7.64. The van der Waals surface area contributed by atoms with Crippen molar-refractivity contribution in [2.45, 2.75) is 19.6 Å². The minimum atomic E-state index is -4.41. The van der Waals surface area contributed by atoms with Crippen molar-refractivity contribution in [1.82, 2.24) is 20.1 Å². The van der Waals surface area contributed by atoms with Crippen molar-refractivity contribution in [2.24, 2.45) is 4.99 Å². The number of nitrogens with one attached hydrogen (secondary N) is 1. The summed E-state index contributed by atoms with van der Waals surface area (Å²) in [6.07, 6.45) is -4.41. The summed E-state index contributed by atoms with van der Waals surface area (Å²) in [6.45, 7) is 0.840. The van der Waals surface area contributed by atoms with Crippen LogP contribution in [0.2, 0.25) is 0 Å². The number of likely N-dealkylation sites (N-methyl/N-ethyl adjacent to an activating group) is 1. The van der Waals surface area contributed by atoms with Crippen LogP contribution in [0, 0.1) is 6.92 Å². The topological polar surface area (TPSA) is 60.8 Å². The quantitative estimate of drug-likeness (QED) is 0.400. The third kappa shape index (κ3) is 8.13. The Morgan fingerprint density at radius 3 is 2.46 bits per heavy atom. The molecule has 0 saturated carbocycles. The second kappa shape index (κ2) is 10.0. The number of amides is 1. The lowest BCUT2D eigenvalue weighted by Gasteiger charge is -2.23. The summed E-state index contributed by atoms with van der Waals surface area (Å²) in [5.74, 6) is -0.259. The Hall–Kier alpha value is -1.11.